The Balaban J connectivity index is 3.39. The molecule has 2 amide bonds. The number of amides is 2. The predicted molar refractivity (Wildman–Crippen MR) is 37.9 cm³/mol. The Morgan fingerprint density at radius 3 is 2.11 bits per heavy atom. The summed E-state index contributed by atoms with van der Waals surface area (Å²) in [6, 6.07) is -0.707. The molecule has 0 aliphatic rings. The van der Waals surface area contributed by atoms with E-state index in [1.54, 1.807) is 0 Å². The molecule has 0 saturated carbocycles. The van der Waals surface area contributed by atoms with Crippen molar-refractivity contribution in [3.05, 3.63) is 0 Å². The van der Waals surface area contributed by atoms with Crippen LogP contribution in [0.25, 0.3) is 0 Å². The number of hydrogen-bond acceptors (Lipinski definition) is 1. The van der Waals surface area contributed by atoms with Gasteiger partial charge in [0.25, 0.3) is 0 Å². The van der Waals surface area contributed by atoms with Crippen LogP contribution < -0.4 is 11.1 Å². The number of rotatable bonds is 1. The lowest BCUT2D eigenvalue weighted by Crippen LogP contribution is -2.35. The largest absolute Gasteiger partial charge is 0.352 e. The van der Waals surface area contributed by atoms with Crippen LogP contribution in [-0.2, 0) is 0 Å². The van der Waals surface area contributed by atoms with Crippen LogP contribution >= 0.6 is 34.8 Å². The van der Waals surface area contributed by atoms with Gasteiger partial charge in [0.2, 0.25) is 3.79 Å². The van der Waals surface area contributed by atoms with Crippen molar-refractivity contribution < 1.29 is 4.79 Å². The highest BCUT2D eigenvalue weighted by molar-refractivity contribution is 6.67. The van der Waals surface area contributed by atoms with E-state index in [2.05, 4.69) is 11.1 Å². The fourth-order valence-electron chi connectivity index (χ4n) is 0.187. The summed E-state index contributed by atoms with van der Waals surface area (Å²) in [5.41, 5.74) is 4.67. The molecular formula is C3H5Cl3N2O. The summed E-state index contributed by atoms with van der Waals surface area (Å²) in [6.07, 6.45) is 0. The monoisotopic (exact) mass is 190 g/mol. The molecule has 0 aromatic heterocycles. The minimum Gasteiger partial charge on any atom is -0.352 e. The lowest BCUT2D eigenvalue weighted by molar-refractivity contribution is 0.249. The summed E-state index contributed by atoms with van der Waals surface area (Å²) in [4.78, 5) is 9.98. The number of hydrogen-bond donors (Lipinski definition) is 2. The van der Waals surface area contributed by atoms with E-state index >= 15 is 0 Å². The number of primary amides is 1. The van der Waals surface area contributed by atoms with Gasteiger partial charge in [0.15, 0.2) is 0 Å². The van der Waals surface area contributed by atoms with Gasteiger partial charge < -0.3 is 11.1 Å². The van der Waals surface area contributed by atoms with Crippen LogP contribution in [0, 0.1) is 0 Å². The second kappa shape index (κ2) is 3.34. The molecule has 0 heterocycles. The van der Waals surface area contributed by atoms with Crippen molar-refractivity contribution in [2.75, 3.05) is 6.54 Å². The summed E-state index contributed by atoms with van der Waals surface area (Å²) in [5.74, 6) is 0. The van der Waals surface area contributed by atoms with E-state index in [9.17, 15) is 4.79 Å². The van der Waals surface area contributed by atoms with Crippen LogP contribution in [0.1, 0.15) is 0 Å². The predicted octanol–water partition coefficient (Wildman–Crippen LogP) is 1.02. The lowest BCUT2D eigenvalue weighted by atomic mass is 10.7. The molecule has 54 valence electrons. The van der Waals surface area contributed by atoms with E-state index in [1.165, 1.54) is 0 Å². The quantitative estimate of drug-likeness (QED) is 0.598. The summed E-state index contributed by atoms with van der Waals surface area (Å²) in [5, 5.41) is 2.13. The Bertz CT molecular complexity index is 110. The highest BCUT2D eigenvalue weighted by Gasteiger charge is 2.19. The molecule has 0 aliphatic heterocycles. The number of nitrogens with two attached hydrogens (primary N) is 1. The van der Waals surface area contributed by atoms with Gasteiger partial charge in [-0.3, -0.25) is 0 Å². The van der Waals surface area contributed by atoms with Gasteiger partial charge in [0, 0.05) is 0 Å². The smallest absolute Gasteiger partial charge is 0.312 e. The first-order valence-electron chi connectivity index (χ1n) is 2.02. The third kappa shape index (κ3) is 8.14. The van der Waals surface area contributed by atoms with E-state index in [0.29, 0.717) is 0 Å². The van der Waals surface area contributed by atoms with Gasteiger partial charge in [0.05, 0.1) is 6.54 Å². The van der Waals surface area contributed by atoms with Crippen molar-refractivity contribution >= 4 is 40.8 Å². The van der Waals surface area contributed by atoms with Gasteiger partial charge in [0.1, 0.15) is 0 Å². The fourth-order valence-corrected chi connectivity index (χ4v) is 0.388. The zero-order valence-electron chi connectivity index (χ0n) is 4.33. The molecule has 0 saturated heterocycles. The van der Waals surface area contributed by atoms with E-state index in [-0.39, 0.29) is 6.54 Å². The number of carbonyl (C=O) groups is 1. The zero-order valence-corrected chi connectivity index (χ0v) is 6.59. The highest BCUT2D eigenvalue weighted by atomic mass is 35.6. The number of nitrogens with one attached hydrogen (secondary N) is 1. The first-order chi connectivity index (χ1) is 3.92. The average molecular weight is 191 g/mol. The molecule has 0 aliphatic carbocycles. The molecule has 0 spiro atoms. The summed E-state index contributed by atoms with van der Waals surface area (Å²) in [6.45, 7) is -0.0764. The van der Waals surface area contributed by atoms with Gasteiger partial charge in [-0.05, 0) is 0 Å². The van der Waals surface area contributed by atoms with Crippen LogP contribution in [0.15, 0.2) is 0 Å². The molecule has 0 aromatic rings. The third-order valence-corrected chi connectivity index (χ3v) is 0.864. The molecule has 0 aromatic carbocycles. The molecule has 0 atom stereocenters. The van der Waals surface area contributed by atoms with E-state index in [1.807, 2.05) is 0 Å². The molecule has 0 rings (SSSR count). The maximum absolute atomic E-state index is 9.98. The maximum Gasteiger partial charge on any atom is 0.312 e. The number of urea groups is 1. The third-order valence-electron chi connectivity index (χ3n) is 0.463. The second-order valence-electron chi connectivity index (χ2n) is 1.33. The standard InChI is InChI=1S/C3H5Cl3N2O/c4-3(5,6)1-8-2(7)9/h1H2,(H3,7,8,9). The lowest BCUT2D eigenvalue weighted by Gasteiger charge is -2.09. The Hall–Kier alpha value is 0.140. The van der Waals surface area contributed by atoms with Crippen molar-refractivity contribution in [2.24, 2.45) is 5.73 Å². The Kier molecular flexibility index (Phi) is 3.40. The van der Waals surface area contributed by atoms with Gasteiger partial charge >= 0.3 is 6.03 Å². The van der Waals surface area contributed by atoms with Gasteiger partial charge in [-0.15, -0.1) is 0 Å². The molecule has 0 radical (unpaired) electrons. The van der Waals surface area contributed by atoms with Crippen LogP contribution in [0.3, 0.4) is 0 Å². The molecule has 6 heteroatoms. The Labute approximate surface area is 67.4 Å². The van der Waals surface area contributed by atoms with Gasteiger partial charge in [-0.2, -0.15) is 0 Å². The van der Waals surface area contributed by atoms with Crippen LogP contribution in [0.5, 0.6) is 0 Å². The number of carbonyl (C=O) groups excluding carboxylic acids is 1. The summed E-state index contributed by atoms with van der Waals surface area (Å²) < 4.78 is -1.46. The van der Waals surface area contributed by atoms with Crippen LogP contribution in [0.4, 0.5) is 4.79 Å². The molecule has 0 bridgehead atoms. The van der Waals surface area contributed by atoms with Crippen molar-refractivity contribution in [2.45, 2.75) is 3.79 Å². The number of halogens is 3. The first-order valence-corrected chi connectivity index (χ1v) is 3.15. The minimum absolute atomic E-state index is 0.0764. The van der Waals surface area contributed by atoms with Crippen molar-refractivity contribution in [3.63, 3.8) is 0 Å². The molecule has 9 heavy (non-hydrogen) atoms. The molecule has 3 N–H and O–H groups in total. The Morgan fingerprint density at radius 2 is 2.00 bits per heavy atom. The first kappa shape index (κ1) is 9.14. The molecule has 0 unspecified atom stereocenters. The van der Waals surface area contributed by atoms with Gasteiger partial charge in [-0.1, -0.05) is 34.8 Å². The highest BCUT2D eigenvalue weighted by Crippen LogP contribution is 2.24. The van der Waals surface area contributed by atoms with Crippen molar-refractivity contribution in [3.8, 4) is 0 Å². The molecule has 0 fully saturated rings. The normalized spacial score (nSPS) is 11.0. The van der Waals surface area contributed by atoms with E-state index < -0.39 is 9.82 Å². The van der Waals surface area contributed by atoms with E-state index in [4.69, 9.17) is 34.8 Å². The minimum atomic E-state index is -1.46. The molecule has 3 nitrogen and oxygen atoms in total. The average Bonchev–Trinajstić information content (AvgIpc) is 1.59. The van der Waals surface area contributed by atoms with E-state index in [0.717, 1.165) is 0 Å². The zero-order chi connectivity index (χ0) is 7.49. The molecular weight excluding hydrogens is 186 g/mol. The van der Waals surface area contributed by atoms with Crippen LogP contribution in [0.2, 0.25) is 0 Å². The fraction of sp³-hybridized carbons (Fsp3) is 0.667. The SMILES string of the molecule is NC(=O)NCC(Cl)(Cl)Cl. The summed E-state index contributed by atoms with van der Waals surface area (Å²) in [7, 11) is 0. The second-order valence-corrected chi connectivity index (χ2v) is 3.85. The Morgan fingerprint density at radius 1 is 1.56 bits per heavy atom. The maximum atomic E-state index is 9.98. The number of alkyl halides is 3. The topological polar surface area (TPSA) is 55.1 Å². The van der Waals surface area contributed by atoms with Crippen molar-refractivity contribution in [1.82, 2.24) is 5.32 Å². The summed E-state index contributed by atoms with van der Waals surface area (Å²) >= 11 is 15.7. The van der Waals surface area contributed by atoms with Gasteiger partial charge in [-0.25, -0.2) is 4.79 Å². The van der Waals surface area contributed by atoms with Crippen LogP contribution in [-0.4, -0.2) is 16.4 Å². The van der Waals surface area contributed by atoms with Crippen molar-refractivity contribution in [1.29, 1.82) is 0 Å².